The Labute approximate surface area is 228 Å². The predicted octanol–water partition coefficient (Wildman–Crippen LogP) is 8.50. The maximum Gasteiger partial charge on any atom is 0.110 e. The fraction of sp³-hybridized carbons (Fsp3) is 0.281. The molecule has 0 saturated heterocycles. The molecule has 0 amide bonds. The van der Waals surface area contributed by atoms with Crippen LogP contribution in [0.3, 0.4) is 0 Å². The molecule has 3 nitrogen and oxygen atoms in total. The van der Waals surface area contributed by atoms with Crippen LogP contribution in [0.1, 0.15) is 60.4 Å². The summed E-state index contributed by atoms with van der Waals surface area (Å²) >= 11 is 4.12. The second-order valence-corrected chi connectivity index (χ2v) is 12.7. The Balaban J connectivity index is 1.42. The summed E-state index contributed by atoms with van der Waals surface area (Å²) in [6.45, 7) is 3.15. The largest absolute Gasteiger partial charge is 0.346 e. The first kappa shape index (κ1) is 23.2. The van der Waals surface area contributed by atoms with Gasteiger partial charge in [0.15, 0.2) is 0 Å². The van der Waals surface area contributed by atoms with E-state index in [-0.39, 0.29) is 10.8 Å². The standard InChI is InChI=1S/C32H31N3S2/c1-23-27-28(25-16-8-3-9-17-25)29-31(36-30(27)35(33-23)26-18-10-4-11-19-26)34(22-24-14-6-2-7-15-24)32(37-29)20-12-5-13-21-32/h2-4,6-11,14-19,28H,5,12-13,20-22H2,1H3. The Kier molecular flexibility index (Phi) is 5.94. The third kappa shape index (κ3) is 3.95. The summed E-state index contributed by atoms with van der Waals surface area (Å²) in [7, 11) is 0. The number of nitrogens with zero attached hydrogens (tertiary/aromatic N) is 3. The average molecular weight is 522 g/mol. The van der Waals surface area contributed by atoms with Crippen molar-refractivity contribution in [2.45, 2.75) is 61.4 Å². The zero-order valence-electron chi connectivity index (χ0n) is 21.1. The van der Waals surface area contributed by atoms with Crippen molar-refractivity contribution < 1.29 is 0 Å². The topological polar surface area (TPSA) is 21.1 Å². The van der Waals surface area contributed by atoms with Crippen LogP contribution in [-0.2, 0) is 6.54 Å². The van der Waals surface area contributed by atoms with Crippen LogP contribution in [0, 0.1) is 6.92 Å². The van der Waals surface area contributed by atoms with Crippen LogP contribution >= 0.6 is 23.5 Å². The van der Waals surface area contributed by atoms with Crippen molar-refractivity contribution in [3.8, 4) is 5.69 Å². The van der Waals surface area contributed by atoms with Gasteiger partial charge in [-0.05, 0) is 43.0 Å². The van der Waals surface area contributed by atoms with E-state index in [9.17, 15) is 0 Å². The maximum atomic E-state index is 5.12. The van der Waals surface area contributed by atoms with Gasteiger partial charge in [0.05, 0.1) is 21.3 Å². The monoisotopic (exact) mass is 521 g/mol. The average Bonchev–Trinajstić information content (AvgIpc) is 3.43. The summed E-state index contributed by atoms with van der Waals surface area (Å²) in [6, 6.07) is 32.8. The Morgan fingerprint density at radius 1 is 0.838 bits per heavy atom. The van der Waals surface area contributed by atoms with Crippen LogP contribution < -0.4 is 0 Å². The van der Waals surface area contributed by atoms with Gasteiger partial charge in [-0.15, -0.1) is 0 Å². The summed E-state index contributed by atoms with van der Waals surface area (Å²) < 4.78 is 2.19. The van der Waals surface area contributed by atoms with Crippen LogP contribution in [0.4, 0.5) is 0 Å². The fourth-order valence-electron chi connectivity index (χ4n) is 6.25. The maximum absolute atomic E-state index is 5.12. The third-order valence-electron chi connectivity index (χ3n) is 8.01. The summed E-state index contributed by atoms with van der Waals surface area (Å²) in [5.41, 5.74) is 6.39. The van der Waals surface area contributed by atoms with Crippen LogP contribution in [0.5, 0.6) is 0 Å². The minimum Gasteiger partial charge on any atom is -0.346 e. The van der Waals surface area contributed by atoms with Crippen molar-refractivity contribution >= 4 is 23.5 Å². The molecule has 1 aromatic heterocycles. The van der Waals surface area contributed by atoms with Crippen molar-refractivity contribution in [2.75, 3.05) is 0 Å². The first-order chi connectivity index (χ1) is 18.2. The Morgan fingerprint density at radius 3 is 2.19 bits per heavy atom. The fourth-order valence-corrected chi connectivity index (χ4v) is 9.65. The quantitative estimate of drug-likeness (QED) is 0.268. The second-order valence-electron chi connectivity index (χ2n) is 10.3. The van der Waals surface area contributed by atoms with E-state index in [1.807, 2.05) is 11.8 Å². The van der Waals surface area contributed by atoms with E-state index in [4.69, 9.17) is 5.10 Å². The van der Waals surface area contributed by atoms with E-state index in [1.165, 1.54) is 63.8 Å². The molecule has 186 valence electrons. The highest BCUT2D eigenvalue weighted by molar-refractivity contribution is 8.08. The van der Waals surface area contributed by atoms with Gasteiger partial charge >= 0.3 is 0 Å². The molecule has 37 heavy (non-hydrogen) atoms. The normalized spacial score (nSPS) is 20.2. The lowest BCUT2D eigenvalue weighted by Crippen LogP contribution is -2.42. The van der Waals surface area contributed by atoms with Crippen molar-refractivity contribution in [3.63, 3.8) is 0 Å². The Morgan fingerprint density at radius 2 is 1.49 bits per heavy atom. The molecule has 4 aromatic rings. The van der Waals surface area contributed by atoms with Gasteiger partial charge < -0.3 is 4.90 Å². The van der Waals surface area contributed by atoms with E-state index >= 15 is 0 Å². The molecule has 3 aromatic carbocycles. The lowest BCUT2D eigenvalue weighted by Gasteiger charge is -2.43. The van der Waals surface area contributed by atoms with E-state index < -0.39 is 0 Å². The van der Waals surface area contributed by atoms with E-state index in [1.54, 1.807) is 0 Å². The van der Waals surface area contributed by atoms with Gasteiger partial charge in [0.25, 0.3) is 0 Å². The molecule has 1 fully saturated rings. The van der Waals surface area contributed by atoms with Gasteiger partial charge in [-0.25, -0.2) is 4.68 Å². The van der Waals surface area contributed by atoms with Crippen LogP contribution in [-0.4, -0.2) is 19.6 Å². The van der Waals surface area contributed by atoms with Crippen molar-refractivity contribution in [1.82, 2.24) is 14.7 Å². The lowest BCUT2D eigenvalue weighted by molar-refractivity contribution is 0.179. The number of thioether (sulfide) groups is 2. The van der Waals surface area contributed by atoms with E-state index in [2.05, 4.69) is 119 Å². The van der Waals surface area contributed by atoms with Gasteiger partial charge in [0, 0.05) is 22.9 Å². The van der Waals surface area contributed by atoms with E-state index in [0.29, 0.717) is 0 Å². The molecule has 1 spiro atoms. The number of hydrogen-bond donors (Lipinski definition) is 0. The highest BCUT2D eigenvalue weighted by Gasteiger charge is 2.51. The molecule has 0 radical (unpaired) electrons. The molecule has 1 saturated carbocycles. The highest BCUT2D eigenvalue weighted by atomic mass is 32.2. The Bertz CT molecular complexity index is 1440. The summed E-state index contributed by atoms with van der Waals surface area (Å²) in [6.07, 6.45) is 6.47. The highest BCUT2D eigenvalue weighted by Crippen LogP contribution is 2.65. The molecule has 3 heterocycles. The van der Waals surface area contributed by atoms with Crippen molar-refractivity contribution in [2.24, 2.45) is 0 Å². The van der Waals surface area contributed by atoms with Crippen LogP contribution in [0.15, 0.2) is 106 Å². The molecule has 0 N–H and O–H groups in total. The predicted molar refractivity (Wildman–Crippen MR) is 155 cm³/mol. The van der Waals surface area contributed by atoms with Crippen LogP contribution in [0.2, 0.25) is 0 Å². The number of rotatable bonds is 4. The van der Waals surface area contributed by atoms with Gasteiger partial charge in [0.1, 0.15) is 5.03 Å². The molecular formula is C32H31N3S2. The molecule has 2 aliphatic heterocycles. The molecule has 3 aliphatic rings. The molecular weight excluding hydrogens is 491 g/mol. The number of hydrogen-bond acceptors (Lipinski definition) is 4. The van der Waals surface area contributed by atoms with Gasteiger partial charge in [-0.2, -0.15) is 5.10 Å². The number of fused-ring (bicyclic) bond motifs is 1. The third-order valence-corrected chi connectivity index (χ3v) is 11.0. The summed E-state index contributed by atoms with van der Waals surface area (Å²) in [5, 5.41) is 7.83. The summed E-state index contributed by atoms with van der Waals surface area (Å²) in [4.78, 5) is 4.45. The SMILES string of the molecule is Cc1nn(-c2ccccc2)c2c1C(c1ccccc1)C1=C(S2)N(Cc2ccccc2)C2(CCCCC2)S1. The molecule has 1 aliphatic carbocycles. The number of aryl methyl sites for hydroxylation is 1. The zero-order chi connectivity index (χ0) is 24.8. The van der Waals surface area contributed by atoms with E-state index in [0.717, 1.165) is 17.9 Å². The minimum atomic E-state index is 0.140. The molecule has 7 rings (SSSR count). The van der Waals surface area contributed by atoms with Crippen molar-refractivity contribution in [3.05, 3.63) is 123 Å². The first-order valence-electron chi connectivity index (χ1n) is 13.4. The van der Waals surface area contributed by atoms with Gasteiger partial charge in [-0.1, -0.05) is 122 Å². The summed E-state index contributed by atoms with van der Waals surface area (Å²) in [5.74, 6) is 0.217. The van der Waals surface area contributed by atoms with Gasteiger partial charge in [0.2, 0.25) is 0 Å². The van der Waals surface area contributed by atoms with Crippen molar-refractivity contribution in [1.29, 1.82) is 0 Å². The second kappa shape index (κ2) is 9.45. The van der Waals surface area contributed by atoms with Gasteiger partial charge in [-0.3, -0.25) is 0 Å². The lowest BCUT2D eigenvalue weighted by atomic mass is 9.90. The Hall–Kier alpha value is -2.89. The van der Waals surface area contributed by atoms with Crippen LogP contribution in [0.25, 0.3) is 5.69 Å². The first-order valence-corrected chi connectivity index (χ1v) is 15.0. The molecule has 0 bridgehead atoms. The number of allylic oxidation sites excluding steroid dienone is 1. The minimum absolute atomic E-state index is 0.140. The zero-order valence-corrected chi connectivity index (χ0v) is 22.8. The molecule has 1 unspecified atom stereocenters. The number of aromatic nitrogens is 2. The smallest absolute Gasteiger partial charge is 0.110 e. The molecule has 1 atom stereocenters. The molecule has 5 heteroatoms. The number of para-hydroxylation sites is 1. The number of benzene rings is 3.